The van der Waals surface area contributed by atoms with Gasteiger partial charge < -0.3 is 10.1 Å². The summed E-state index contributed by atoms with van der Waals surface area (Å²) < 4.78 is 5.49. The normalized spacial score (nSPS) is 10.5. The van der Waals surface area contributed by atoms with Crippen LogP contribution in [0.2, 0.25) is 0 Å². The Morgan fingerprint density at radius 2 is 1.73 bits per heavy atom. The Balaban J connectivity index is 1.76. The number of nitrogens with zero attached hydrogens (tertiary/aromatic N) is 1. The number of rotatable bonds is 7. The summed E-state index contributed by atoms with van der Waals surface area (Å²) in [6.07, 6.45) is 2.41. The molecule has 136 valence electrons. The van der Waals surface area contributed by atoms with Crippen LogP contribution in [0, 0.1) is 6.92 Å². The number of hydrogen-bond donors (Lipinski definition) is 2. The van der Waals surface area contributed by atoms with Gasteiger partial charge >= 0.3 is 11.8 Å². The van der Waals surface area contributed by atoms with Gasteiger partial charge in [-0.1, -0.05) is 36.8 Å². The largest absolute Gasteiger partial charge is 0.494 e. The highest BCUT2D eigenvalue weighted by Crippen LogP contribution is 2.11. The number of carbonyl (C=O) groups is 2. The molecule has 0 aliphatic rings. The zero-order valence-corrected chi connectivity index (χ0v) is 15.0. The summed E-state index contributed by atoms with van der Waals surface area (Å²) in [5, 5.41) is 6.35. The highest BCUT2D eigenvalue weighted by atomic mass is 16.5. The van der Waals surface area contributed by atoms with E-state index in [-0.39, 0.29) is 6.54 Å². The van der Waals surface area contributed by atoms with E-state index >= 15 is 0 Å². The lowest BCUT2D eigenvalue weighted by molar-refractivity contribution is -0.139. The first-order chi connectivity index (χ1) is 12.6. The SMILES string of the molecule is CCCOc1ccc(/C=N\NC(=O)C(=O)NCc2ccc(C)cc2)cc1. The highest BCUT2D eigenvalue weighted by molar-refractivity contribution is 6.35. The van der Waals surface area contributed by atoms with Gasteiger partial charge in [-0.2, -0.15) is 5.10 Å². The molecule has 0 aliphatic carbocycles. The van der Waals surface area contributed by atoms with Crippen LogP contribution >= 0.6 is 0 Å². The van der Waals surface area contributed by atoms with Crippen molar-refractivity contribution >= 4 is 18.0 Å². The van der Waals surface area contributed by atoms with Crippen molar-refractivity contribution in [1.82, 2.24) is 10.7 Å². The molecule has 0 saturated carbocycles. The predicted molar refractivity (Wildman–Crippen MR) is 101 cm³/mol. The van der Waals surface area contributed by atoms with Crippen molar-refractivity contribution in [2.24, 2.45) is 5.10 Å². The second-order valence-electron chi connectivity index (χ2n) is 5.78. The third-order valence-corrected chi connectivity index (χ3v) is 3.51. The van der Waals surface area contributed by atoms with Gasteiger partial charge in [-0.3, -0.25) is 9.59 Å². The second-order valence-corrected chi connectivity index (χ2v) is 5.78. The Morgan fingerprint density at radius 1 is 1.04 bits per heavy atom. The lowest BCUT2D eigenvalue weighted by atomic mass is 10.1. The third-order valence-electron chi connectivity index (χ3n) is 3.51. The van der Waals surface area contributed by atoms with Gasteiger partial charge in [0.15, 0.2) is 0 Å². The minimum Gasteiger partial charge on any atom is -0.494 e. The van der Waals surface area contributed by atoms with Crippen molar-refractivity contribution in [2.75, 3.05) is 6.61 Å². The summed E-state index contributed by atoms with van der Waals surface area (Å²) in [5.41, 5.74) is 5.06. The van der Waals surface area contributed by atoms with E-state index in [0.29, 0.717) is 6.61 Å². The van der Waals surface area contributed by atoms with Crippen LogP contribution in [0.5, 0.6) is 5.75 Å². The second kappa shape index (κ2) is 9.98. The molecule has 6 heteroatoms. The van der Waals surface area contributed by atoms with Crippen LogP contribution in [0.3, 0.4) is 0 Å². The number of benzene rings is 2. The van der Waals surface area contributed by atoms with Crippen LogP contribution < -0.4 is 15.5 Å². The van der Waals surface area contributed by atoms with Crippen LogP contribution in [0.1, 0.15) is 30.0 Å². The highest BCUT2D eigenvalue weighted by Gasteiger charge is 2.11. The molecule has 0 unspecified atom stereocenters. The maximum Gasteiger partial charge on any atom is 0.329 e. The number of carbonyl (C=O) groups excluding carboxylic acids is 2. The lowest BCUT2D eigenvalue weighted by Crippen LogP contribution is -2.37. The summed E-state index contributed by atoms with van der Waals surface area (Å²) in [7, 11) is 0. The van der Waals surface area contributed by atoms with Gasteiger partial charge in [-0.15, -0.1) is 0 Å². The fourth-order valence-electron chi connectivity index (χ4n) is 2.05. The Kier molecular flexibility index (Phi) is 7.36. The molecule has 0 saturated heterocycles. The third kappa shape index (κ3) is 6.39. The van der Waals surface area contributed by atoms with E-state index in [2.05, 4.69) is 15.8 Å². The van der Waals surface area contributed by atoms with Crippen molar-refractivity contribution < 1.29 is 14.3 Å². The van der Waals surface area contributed by atoms with E-state index < -0.39 is 11.8 Å². The van der Waals surface area contributed by atoms with Gasteiger partial charge in [0.05, 0.1) is 12.8 Å². The van der Waals surface area contributed by atoms with E-state index in [1.807, 2.05) is 62.4 Å². The summed E-state index contributed by atoms with van der Waals surface area (Å²) in [4.78, 5) is 23.5. The van der Waals surface area contributed by atoms with Gasteiger partial charge in [0.1, 0.15) is 5.75 Å². The van der Waals surface area contributed by atoms with Gasteiger partial charge in [-0.25, -0.2) is 5.43 Å². The fourth-order valence-corrected chi connectivity index (χ4v) is 2.05. The smallest absolute Gasteiger partial charge is 0.329 e. The van der Waals surface area contributed by atoms with E-state index in [1.54, 1.807) is 0 Å². The minimum atomic E-state index is -0.809. The van der Waals surface area contributed by atoms with E-state index in [1.165, 1.54) is 6.21 Å². The molecule has 0 spiro atoms. The van der Waals surface area contributed by atoms with E-state index in [0.717, 1.165) is 28.9 Å². The molecule has 0 radical (unpaired) electrons. The molecule has 2 rings (SSSR count). The van der Waals surface area contributed by atoms with Crippen LogP contribution in [0.25, 0.3) is 0 Å². The minimum absolute atomic E-state index is 0.287. The Bertz CT molecular complexity index is 753. The first-order valence-electron chi connectivity index (χ1n) is 8.48. The van der Waals surface area contributed by atoms with Crippen molar-refractivity contribution in [3.63, 3.8) is 0 Å². The van der Waals surface area contributed by atoms with Crippen molar-refractivity contribution in [1.29, 1.82) is 0 Å². The first kappa shape index (κ1) is 19.2. The van der Waals surface area contributed by atoms with Gasteiger partial charge in [0, 0.05) is 6.54 Å². The molecule has 2 N–H and O–H groups in total. The zero-order chi connectivity index (χ0) is 18.8. The molecule has 2 aromatic rings. The molecule has 0 atom stereocenters. The molecular formula is C20H23N3O3. The van der Waals surface area contributed by atoms with Crippen LogP contribution in [-0.2, 0) is 16.1 Å². The lowest BCUT2D eigenvalue weighted by Gasteiger charge is -2.05. The molecule has 0 heterocycles. The Labute approximate surface area is 153 Å². The maximum absolute atomic E-state index is 11.8. The van der Waals surface area contributed by atoms with Crippen LogP contribution in [0.15, 0.2) is 53.6 Å². The maximum atomic E-state index is 11.8. The first-order valence-corrected chi connectivity index (χ1v) is 8.48. The quantitative estimate of drug-likeness (QED) is 0.456. The molecule has 6 nitrogen and oxygen atoms in total. The van der Waals surface area contributed by atoms with E-state index in [4.69, 9.17) is 4.74 Å². The summed E-state index contributed by atoms with van der Waals surface area (Å²) in [5.74, 6) is -0.759. The molecule has 0 aliphatic heterocycles. The molecule has 0 bridgehead atoms. The molecule has 0 aromatic heterocycles. The standard InChI is InChI=1S/C20H23N3O3/c1-3-12-26-18-10-8-17(9-11-18)14-22-23-20(25)19(24)21-13-16-6-4-15(2)5-7-16/h4-11,14H,3,12-13H2,1-2H3,(H,21,24)(H,23,25)/b22-14-. The molecule has 26 heavy (non-hydrogen) atoms. The number of nitrogens with one attached hydrogen (secondary N) is 2. The molecule has 0 fully saturated rings. The van der Waals surface area contributed by atoms with E-state index in [9.17, 15) is 9.59 Å². The summed E-state index contributed by atoms with van der Waals surface area (Å²) in [6.45, 7) is 4.98. The number of hydrazone groups is 1. The fraction of sp³-hybridized carbons (Fsp3) is 0.250. The summed E-state index contributed by atoms with van der Waals surface area (Å²) >= 11 is 0. The van der Waals surface area contributed by atoms with Crippen molar-refractivity contribution in [2.45, 2.75) is 26.8 Å². The summed E-state index contributed by atoms with van der Waals surface area (Å²) in [6, 6.07) is 15.0. The molecule has 2 aromatic carbocycles. The van der Waals surface area contributed by atoms with Crippen molar-refractivity contribution in [3.05, 3.63) is 65.2 Å². The molecular weight excluding hydrogens is 330 g/mol. The average Bonchev–Trinajstić information content (AvgIpc) is 2.66. The monoisotopic (exact) mass is 353 g/mol. The van der Waals surface area contributed by atoms with Gasteiger partial charge in [0.2, 0.25) is 0 Å². The van der Waals surface area contributed by atoms with Gasteiger partial charge in [-0.05, 0) is 48.7 Å². The zero-order valence-electron chi connectivity index (χ0n) is 15.0. The number of ether oxygens (including phenoxy) is 1. The van der Waals surface area contributed by atoms with Crippen LogP contribution in [0.4, 0.5) is 0 Å². The van der Waals surface area contributed by atoms with Gasteiger partial charge in [0.25, 0.3) is 0 Å². The molecule has 2 amide bonds. The van der Waals surface area contributed by atoms with Crippen molar-refractivity contribution in [3.8, 4) is 5.75 Å². The van der Waals surface area contributed by atoms with Crippen LogP contribution in [-0.4, -0.2) is 24.6 Å². The predicted octanol–water partition coefficient (Wildman–Crippen LogP) is 2.55. The topological polar surface area (TPSA) is 79.8 Å². The number of amides is 2. The number of aryl methyl sites for hydroxylation is 1. The Hall–Kier alpha value is -3.15. The number of hydrogen-bond acceptors (Lipinski definition) is 4. The Morgan fingerprint density at radius 3 is 2.38 bits per heavy atom. The average molecular weight is 353 g/mol.